The quantitative estimate of drug-likeness (QED) is 0.725. The summed E-state index contributed by atoms with van der Waals surface area (Å²) >= 11 is 1.23. The third-order valence-corrected chi connectivity index (χ3v) is 4.48. The maximum Gasteiger partial charge on any atom is 0.261 e. The first-order chi connectivity index (χ1) is 11.5. The van der Waals surface area contributed by atoms with E-state index < -0.39 is 23.1 Å². The van der Waals surface area contributed by atoms with Crippen LogP contribution in [-0.4, -0.2) is 20.3 Å². The average molecular weight is 342 g/mol. The first-order valence-electron chi connectivity index (χ1n) is 6.98. The Morgan fingerprint density at radius 2 is 2.29 bits per heavy atom. The molecule has 6 nitrogen and oxygen atoms in total. The molecule has 0 radical (unpaired) electrons. The molecule has 0 saturated carbocycles. The van der Waals surface area contributed by atoms with Gasteiger partial charge in [-0.3, -0.25) is 14.2 Å². The highest BCUT2D eigenvalue weighted by molar-refractivity contribution is 7.09. The zero-order chi connectivity index (χ0) is 17.3. The van der Waals surface area contributed by atoms with E-state index in [9.17, 15) is 19.2 Å². The molecule has 3 rings (SSSR count). The van der Waals surface area contributed by atoms with Gasteiger partial charge in [0.1, 0.15) is 10.8 Å². The van der Waals surface area contributed by atoms with Crippen molar-refractivity contribution in [3.63, 3.8) is 0 Å². The van der Waals surface area contributed by atoms with Gasteiger partial charge < -0.3 is 0 Å². The van der Waals surface area contributed by atoms with Gasteiger partial charge in [0.25, 0.3) is 5.56 Å². The Kier molecular flexibility index (Phi) is 4.18. The number of rotatable bonds is 4. The van der Waals surface area contributed by atoms with E-state index in [4.69, 9.17) is 0 Å². The third-order valence-electron chi connectivity index (χ3n) is 3.45. The van der Waals surface area contributed by atoms with Crippen molar-refractivity contribution in [2.45, 2.75) is 19.4 Å². The molecule has 0 amide bonds. The van der Waals surface area contributed by atoms with Crippen LogP contribution >= 0.6 is 11.3 Å². The van der Waals surface area contributed by atoms with Crippen LogP contribution in [0.3, 0.4) is 0 Å². The molecular formula is C16H11FN4O2S. The molecule has 0 saturated heterocycles. The number of hydrogen-bond acceptors (Lipinski definition) is 6. The molecule has 120 valence electrons. The number of Topliss-reactive ketones (excluding diaryl/α,β-unsaturated/α-hetero) is 1. The van der Waals surface area contributed by atoms with Gasteiger partial charge in [0.15, 0.2) is 11.7 Å². The Morgan fingerprint density at radius 3 is 2.96 bits per heavy atom. The van der Waals surface area contributed by atoms with Crippen molar-refractivity contribution in [1.29, 1.82) is 5.26 Å². The van der Waals surface area contributed by atoms with Gasteiger partial charge in [0, 0.05) is 17.1 Å². The van der Waals surface area contributed by atoms with Crippen LogP contribution in [0.5, 0.6) is 0 Å². The van der Waals surface area contributed by atoms with Crippen LogP contribution in [0.1, 0.15) is 16.6 Å². The predicted molar refractivity (Wildman–Crippen MR) is 86.2 cm³/mol. The number of aryl methyl sites for hydroxylation is 1. The van der Waals surface area contributed by atoms with E-state index in [0.717, 1.165) is 22.4 Å². The summed E-state index contributed by atoms with van der Waals surface area (Å²) in [6.07, 6.45) is 1.18. The van der Waals surface area contributed by atoms with Crippen LogP contribution in [0.25, 0.3) is 10.9 Å². The number of thiazole rings is 1. The van der Waals surface area contributed by atoms with Gasteiger partial charge in [-0.15, -0.1) is 11.3 Å². The molecule has 0 bridgehead atoms. The summed E-state index contributed by atoms with van der Waals surface area (Å²) in [5, 5.41) is 11.6. The predicted octanol–water partition coefficient (Wildman–Crippen LogP) is 2.18. The molecule has 1 aromatic carbocycles. The van der Waals surface area contributed by atoms with E-state index in [-0.39, 0.29) is 17.4 Å². The fourth-order valence-corrected chi connectivity index (χ4v) is 3.13. The maximum atomic E-state index is 13.2. The van der Waals surface area contributed by atoms with Crippen LogP contribution < -0.4 is 5.56 Å². The van der Waals surface area contributed by atoms with E-state index in [0.29, 0.717) is 5.01 Å². The molecule has 0 aliphatic rings. The van der Waals surface area contributed by atoms with Crippen LogP contribution in [0.15, 0.2) is 34.7 Å². The van der Waals surface area contributed by atoms with Gasteiger partial charge >= 0.3 is 0 Å². The summed E-state index contributed by atoms with van der Waals surface area (Å²) in [5.74, 6) is -1.97. The summed E-state index contributed by atoms with van der Waals surface area (Å²) in [6, 6.07) is 5.57. The molecule has 1 unspecified atom stereocenters. The summed E-state index contributed by atoms with van der Waals surface area (Å²) in [6.45, 7) is 1.48. The Bertz CT molecular complexity index is 1030. The zero-order valence-corrected chi connectivity index (χ0v) is 13.4. The molecule has 1 atom stereocenters. The van der Waals surface area contributed by atoms with Gasteiger partial charge in [0.2, 0.25) is 0 Å². The van der Waals surface area contributed by atoms with Gasteiger partial charge in [-0.2, -0.15) is 5.26 Å². The van der Waals surface area contributed by atoms with E-state index in [2.05, 4.69) is 9.97 Å². The fraction of sp³-hybridized carbons (Fsp3) is 0.188. The smallest absolute Gasteiger partial charge is 0.261 e. The highest BCUT2D eigenvalue weighted by Crippen LogP contribution is 2.21. The van der Waals surface area contributed by atoms with Gasteiger partial charge in [-0.05, 0) is 19.1 Å². The molecule has 0 aliphatic heterocycles. The van der Waals surface area contributed by atoms with Crippen molar-refractivity contribution < 1.29 is 9.18 Å². The van der Waals surface area contributed by atoms with E-state index in [1.165, 1.54) is 23.7 Å². The number of nitrogens with zero attached hydrogens (tertiary/aromatic N) is 4. The lowest BCUT2D eigenvalue weighted by Crippen LogP contribution is -2.27. The monoisotopic (exact) mass is 342 g/mol. The lowest BCUT2D eigenvalue weighted by atomic mass is 10.1. The van der Waals surface area contributed by atoms with Gasteiger partial charge in [-0.25, -0.2) is 14.4 Å². The molecule has 2 aromatic heterocycles. The average Bonchev–Trinajstić information content (AvgIpc) is 2.97. The molecular weight excluding hydrogens is 331 g/mol. The molecule has 3 aromatic rings. The Labute approximate surface area is 139 Å². The fourth-order valence-electron chi connectivity index (χ4n) is 2.27. The number of halogens is 1. The number of carbonyl (C=O) groups excluding carboxylic acids is 1. The number of carbonyl (C=O) groups is 1. The molecule has 2 heterocycles. The van der Waals surface area contributed by atoms with E-state index in [1.807, 2.05) is 6.07 Å². The minimum absolute atomic E-state index is 0.213. The molecule has 0 N–H and O–H groups in total. The second kappa shape index (κ2) is 6.29. The lowest BCUT2D eigenvalue weighted by Gasteiger charge is -2.08. The van der Waals surface area contributed by atoms with Crippen molar-refractivity contribution in [3.8, 4) is 6.07 Å². The van der Waals surface area contributed by atoms with Crippen LogP contribution in [-0.2, 0) is 11.3 Å². The van der Waals surface area contributed by atoms with E-state index >= 15 is 0 Å². The summed E-state index contributed by atoms with van der Waals surface area (Å²) < 4.78 is 14.3. The Hall–Kier alpha value is -2.92. The SMILES string of the molecule is Cc1csc(C(C#N)C(=O)Cn2cnc3cc(F)ccc3c2=O)n1. The highest BCUT2D eigenvalue weighted by Gasteiger charge is 2.24. The van der Waals surface area contributed by atoms with Crippen molar-refractivity contribution in [3.05, 3.63) is 56.8 Å². The molecule has 0 spiro atoms. The van der Waals surface area contributed by atoms with Crippen molar-refractivity contribution >= 4 is 28.0 Å². The van der Waals surface area contributed by atoms with E-state index in [1.54, 1.807) is 12.3 Å². The number of nitriles is 1. The second-order valence-electron chi connectivity index (χ2n) is 5.19. The van der Waals surface area contributed by atoms with Gasteiger partial charge in [-0.1, -0.05) is 0 Å². The normalized spacial score (nSPS) is 12.0. The molecule has 0 fully saturated rings. The van der Waals surface area contributed by atoms with Crippen LogP contribution in [0.4, 0.5) is 4.39 Å². The standard InChI is InChI=1S/C16H11FN4O2S/c1-9-7-24-15(20-9)12(5-18)14(22)6-21-8-19-13-4-10(17)2-3-11(13)16(21)23/h2-4,7-8,12H,6H2,1H3. The summed E-state index contributed by atoms with van der Waals surface area (Å²) in [4.78, 5) is 32.9. The van der Waals surface area contributed by atoms with Gasteiger partial charge in [0.05, 0.1) is 29.8 Å². The number of fused-ring (bicyclic) bond motifs is 1. The lowest BCUT2D eigenvalue weighted by molar-refractivity contribution is -0.120. The van der Waals surface area contributed by atoms with Crippen LogP contribution in [0, 0.1) is 24.1 Å². The minimum atomic E-state index is -1.03. The molecule has 24 heavy (non-hydrogen) atoms. The summed E-state index contributed by atoms with van der Waals surface area (Å²) in [5.41, 5.74) is 0.492. The largest absolute Gasteiger partial charge is 0.296 e. The second-order valence-corrected chi connectivity index (χ2v) is 6.08. The first kappa shape index (κ1) is 16.0. The number of aromatic nitrogens is 3. The zero-order valence-electron chi connectivity index (χ0n) is 12.6. The topological polar surface area (TPSA) is 88.6 Å². The Morgan fingerprint density at radius 1 is 1.50 bits per heavy atom. The number of benzene rings is 1. The Balaban J connectivity index is 1.93. The van der Waals surface area contributed by atoms with Crippen molar-refractivity contribution in [2.75, 3.05) is 0 Å². The maximum absolute atomic E-state index is 13.2. The van der Waals surface area contributed by atoms with Crippen molar-refractivity contribution in [1.82, 2.24) is 14.5 Å². The third kappa shape index (κ3) is 2.94. The number of ketones is 1. The highest BCUT2D eigenvalue weighted by atomic mass is 32.1. The first-order valence-corrected chi connectivity index (χ1v) is 7.86. The molecule has 0 aliphatic carbocycles. The molecule has 8 heteroatoms. The van der Waals surface area contributed by atoms with Crippen LogP contribution in [0.2, 0.25) is 0 Å². The van der Waals surface area contributed by atoms with Crippen molar-refractivity contribution in [2.24, 2.45) is 0 Å². The summed E-state index contributed by atoms with van der Waals surface area (Å²) in [7, 11) is 0. The number of hydrogen-bond donors (Lipinski definition) is 0. The minimum Gasteiger partial charge on any atom is -0.296 e.